The van der Waals surface area contributed by atoms with E-state index in [2.05, 4.69) is 6.58 Å². The summed E-state index contributed by atoms with van der Waals surface area (Å²) in [6.07, 6.45) is 13.3. The molecule has 0 aromatic rings. The molecule has 2 heteroatoms. The van der Waals surface area contributed by atoms with Crippen LogP contribution in [0.3, 0.4) is 0 Å². The van der Waals surface area contributed by atoms with E-state index in [-0.39, 0.29) is 11.6 Å². The van der Waals surface area contributed by atoms with Crippen LogP contribution < -0.4 is 0 Å². The lowest BCUT2D eigenvalue weighted by atomic mass is 9.47. The Bertz CT molecular complexity index is 391. The Morgan fingerprint density at radius 3 is 2.00 bits per heavy atom. The molecule has 0 atom stereocenters. The summed E-state index contributed by atoms with van der Waals surface area (Å²) < 4.78 is 6.19. The van der Waals surface area contributed by atoms with Crippen molar-refractivity contribution >= 4 is 5.97 Å². The fraction of sp³-hybridized carbons (Fsp3) is 0.833. The Morgan fingerprint density at radius 1 is 0.950 bits per heavy atom. The summed E-state index contributed by atoms with van der Waals surface area (Å²) in [4.78, 5) is 12.0. The number of hydrogen-bond acceptors (Lipinski definition) is 2. The number of rotatable bonds is 3. The second kappa shape index (κ2) is 4.61. The summed E-state index contributed by atoms with van der Waals surface area (Å²) in [5, 5.41) is 0. The fourth-order valence-electron chi connectivity index (χ4n) is 6.43. The molecule has 20 heavy (non-hydrogen) atoms. The van der Waals surface area contributed by atoms with Gasteiger partial charge in [0.25, 0.3) is 0 Å². The van der Waals surface area contributed by atoms with Gasteiger partial charge in [-0.25, -0.2) is 4.79 Å². The minimum Gasteiger partial charge on any atom is -0.455 e. The largest absolute Gasteiger partial charge is 0.455 e. The van der Waals surface area contributed by atoms with Crippen molar-refractivity contribution in [3.8, 4) is 0 Å². The lowest BCUT2D eigenvalue weighted by molar-refractivity contribution is -0.224. The highest BCUT2D eigenvalue weighted by atomic mass is 16.6. The summed E-state index contributed by atoms with van der Waals surface area (Å²) in [7, 11) is 0. The summed E-state index contributed by atoms with van der Waals surface area (Å²) in [6.45, 7) is 3.63. The van der Waals surface area contributed by atoms with E-state index in [1.807, 2.05) is 0 Å². The Hall–Kier alpha value is -0.790. The smallest absolute Gasteiger partial charge is 0.330 e. The topological polar surface area (TPSA) is 26.3 Å². The van der Waals surface area contributed by atoms with E-state index in [0.717, 1.165) is 11.8 Å². The van der Waals surface area contributed by atoms with E-state index in [1.54, 1.807) is 0 Å². The first-order valence-electron chi connectivity index (χ1n) is 8.57. The van der Waals surface area contributed by atoms with E-state index in [9.17, 15) is 4.79 Å². The molecule has 0 aliphatic heterocycles. The predicted octanol–water partition coefficient (Wildman–Crippen LogP) is 4.10. The van der Waals surface area contributed by atoms with Crippen LogP contribution in [0.1, 0.15) is 57.8 Å². The highest BCUT2D eigenvalue weighted by Gasteiger charge is 2.62. The predicted molar refractivity (Wildman–Crippen MR) is 78.0 cm³/mol. The molecule has 0 saturated heterocycles. The molecule has 0 spiro atoms. The Kier molecular flexibility index (Phi) is 2.98. The normalized spacial score (nSPS) is 46.6. The van der Waals surface area contributed by atoms with Crippen LogP contribution in [0.2, 0.25) is 0 Å². The van der Waals surface area contributed by atoms with Gasteiger partial charge in [-0.2, -0.15) is 0 Å². The number of carbonyl (C=O) groups is 1. The van der Waals surface area contributed by atoms with Crippen LogP contribution in [-0.4, -0.2) is 11.6 Å². The molecule has 5 fully saturated rings. The van der Waals surface area contributed by atoms with Crippen molar-refractivity contribution in [3.63, 3.8) is 0 Å². The van der Waals surface area contributed by atoms with Gasteiger partial charge >= 0.3 is 5.97 Å². The lowest BCUT2D eigenvalue weighted by Gasteiger charge is -2.62. The molecule has 0 amide bonds. The molecule has 0 N–H and O–H groups in total. The van der Waals surface area contributed by atoms with Gasteiger partial charge in [0.2, 0.25) is 0 Å². The van der Waals surface area contributed by atoms with Gasteiger partial charge in [0.05, 0.1) is 0 Å². The zero-order valence-electron chi connectivity index (χ0n) is 12.4. The zero-order chi connectivity index (χ0) is 13.7. The van der Waals surface area contributed by atoms with Gasteiger partial charge in [0.15, 0.2) is 0 Å². The van der Waals surface area contributed by atoms with Crippen LogP contribution in [0.5, 0.6) is 0 Å². The van der Waals surface area contributed by atoms with Crippen molar-refractivity contribution in [2.45, 2.75) is 63.4 Å². The number of esters is 1. The van der Waals surface area contributed by atoms with E-state index in [4.69, 9.17) is 4.74 Å². The molecule has 2 nitrogen and oxygen atoms in total. The van der Waals surface area contributed by atoms with Gasteiger partial charge in [-0.1, -0.05) is 19.4 Å². The Labute approximate surface area is 122 Å². The van der Waals surface area contributed by atoms with E-state index >= 15 is 0 Å². The van der Waals surface area contributed by atoms with Crippen molar-refractivity contribution in [1.82, 2.24) is 0 Å². The van der Waals surface area contributed by atoms with Crippen LogP contribution >= 0.6 is 0 Å². The Morgan fingerprint density at radius 2 is 1.50 bits per heavy atom. The van der Waals surface area contributed by atoms with E-state index in [0.29, 0.717) is 17.8 Å². The summed E-state index contributed by atoms with van der Waals surface area (Å²) >= 11 is 0. The van der Waals surface area contributed by atoms with Gasteiger partial charge in [0.1, 0.15) is 5.60 Å². The first-order chi connectivity index (χ1) is 9.72. The third-order valence-corrected chi connectivity index (χ3v) is 6.85. The van der Waals surface area contributed by atoms with Crippen LogP contribution in [0.15, 0.2) is 12.7 Å². The highest BCUT2D eigenvalue weighted by molar-refractivity contribution is 5.81. The lowest BCUT2D eigenvalue weighted by Crippen LogP contribution is -2.62. The minimum absolute atomic E-state index is 0.116. The maximum Gasteiger partial charge on any atom is 0.330 e. The summed E-state index contributed by atoms with van der Waals surface area (Å²) in [5.74, 6) is 3.59. The van der Waals surface area contributed by atoms with Gasteiger partial charge in [0, 0.05) is 6.08 Å². The first kappa shape index (κ1) is 12.9. The second-order valence-corrected chi connectivity index (χ2v) is 7.76. The molecule has 0 aromatic heterocycles. The zero-order valence-corrected chi connectivity index (χ0v) is 12.4. The van der Waals surface area contributed by atoms with Crippen LogP contribution in [0.25, 0.3) is 0 Å². The van der Waals surface area contributed by atoms with Crippen molar-refractivity contribution < 1.29 is 9.53 Å². The molecule has 5 aliphatic rings. The van der Waals surface area contributed by atoms with E-state index in [1.165, 1.54) is 63.9 Å². The minimum atomic E-state index is -0.177. The molecule has 110 valence electrons. The first-order valence-corrected chi connectivity index (χ1v) is 8.57. The summed E-state index contributed by atoms with van der Waals surface area (Å²) in [5.41, 5.74) is -0.116. The Balaban J connectivity index is 1.70. The molecule has 0 radical (unpaired) electrons. The van der Waals surface area contributed by atoms with Gasteiger partial charge in [-0.05, 0) is 74.5 Å². The number of ether oxygens (including phenoxy) is 1. The molecule has 0 aromatic carbocycles. The monoisotopic (exact) mass is 274 g/mol. The highest BCUT2D eigenvalue weighted by Crippen LogP contribution is 2.63. The quantitative estimate of drug-likeness (QED) is 0.572. The molecule has 0 heterocycles. The fourth-order valence-corrected chi connectivity index (χ4v) is 6.43. The van der Waals surface area contributed by atoms with Crippen molar-refractivity contribution in [3.05, 3.63) is 12.7 Å². The van der Waals surface area contributed by atoms with Gasteiger partial charge in [-0.3, -0.25) is 0 Å². The van der Waals surface area contributed by atoms with Gasteiger partial charge < -0.3 is 4.74 Å². The van der Waals surface area contributed by atoms with Crippen molar-refractivity contribution in [2.24, 2.45) is 29.6 Å². The SMILES string of the molecule is C=CC(=O)OC1(C2CCCC2)C2CC3CC(C2)CC1C3. The number of hydrogen-bond donors (Lipinski definition) is 0. The third kappa shape index (κ3) is 1.72. The molecule has 4 bridgehead atoms. The standard InChI is InChI=1S/C18H26O2/c1-2-17(19)20-18(14-5-3-4-6-14)15-8-12-7-13(10-15)11-16(18)9-12/h2,12-16H,1,3-11H2. The molecule has 5 saturated carbocycles. The molecule has 5 rings (SSSR count). The third-order valence-electron chi connectivity index (χ3n) is 6.85. The summed E-state index contributed by atoms with van der Waals surface area (Å²) in [6, 6.07) is 0. The van der Waals surface area contributed by atoms with Crippen molar-refractivity contribution in [1.29, 1.82) is 0 Å². The second-order valence-electron chi connectivity index (χ2n) is 7.76. The molecule has 0 unspecified atom stereocenters. The maximum absolute atomic E-state index is 12.0. The van der Waals surface area contributed by atoms with Gasteiger partial charge in [-0.15, -0.1) is 0 Å². The number of carbonyl (C=O) groups excluding carboxylic acids is 1. The van der Waals surface area contributed by atoms with Crippen LogP contribution in [-0.2, 0) is 9.53 Å². The maximum atomic E-state index is 12.0. The average molecular weight is 274 g/mol. The van der Waals surface area contributed by atoms with Crippen LogP contribution in [0.4, 0.5) is 0 Å². The molecule has 5 aliphatic carbocycles. The molecular formula is C18H26O2. The van der Waals surface area contributed by atoms with E-state index < -0.39 is 0 Å². The van der Waals surface area contributed by atoms with Crippen LogP contribution in [0, 0.1) is 29.6 Å². The van der Waals surface area contributed by atoms with Crippen molar-refractivity contribution in [2.75, 3.05) is 0 Å². The molecular weight excluding hydrogens is 248 g/mol. The average Bonchev–Trinajstić information content (AvgIpc) is 2.96.